The first-order valence-electron chi connectivity index (χ1n) is 12.8. The molecule has 0 saturated carbocycles. The number of carbonyl (C=O) groups excluding carboxylic acids is 1. The number of pyridine rings is 2. The normalized spacial score (nSPS) is 15.3. The second-order valence-corrected chi connectivity index (χ2v) is 9.95. The Bertz CT molecular complexity index is 1580. The number of nitrogens with one attached hydrogen (secondary N) is 2. The summed E-state index contributed by atoms with van der Waals surface area (Å²) in [7, 11) is 1.91. The number of carbonyl (C=O) groups is 1. The zero-order chi connectivity index (χ0) is 27.7. The number of imidazole rings is 1. The molecule has 1 amide bonds. The van der Waals surface area contributed by atoms with Crippen molar-refractivity contribution < 1.29 is 14.3 Å². The smallest absolute Gasteiger partial charge is 0.268 e. The lowest BCUT2D eigenvalue weighted by Gasteiger charge is -2.17. The number of fused-ring (bicyclic) bond motifs is 1. The van der Waals surface area contributed by atoms with Gasteiger partial charge < -0.3 is 29.5 Å². The zero-order valence-electron chi connectivity index (χ0n) is 22.6. The molecule has 0 aliphatic carbocycles. The first-order chi connectivity index (χ1) is 18.7. The highest BCUT2D eigenvalue weighted by molar-refractivity contribution is 5.87. The highest BCUT2D eigenvalue weighted by Crippen LogP contribution is 2.35. The number of rotatable bonds is 8. The fourth-order valence-corrected chi connectivity index (χ4v) is 4.70. The standard InChI is InChI=1S/C27H31N9O3/c1-7-19-20(39-18-8-10-29-22(12-18)31-16(2)37)14-30-25-24(19)35(6)26(33-25)32-23-13-21(27(3,4)28-5)36(34-23)17-9-11-38-15-17/h8,10,12-14,17H,7,9,11,15H2,1-4,6H3,(H,29,31,37)(H,30,32,33,34)/t17-/m1/s1. The van der Waals surface area contributed by atoms with E-state index in [1.807, 2.05) is 43.1 Å². The van der Waals surface area contributed by atoms with Crippen molar-refractivity contribution in [2.45, 2.75) is 52.1 Å². The van der Waals surface area contributed by atoms with E-state index < -0.39 is 5.54 Å². The summed E-state index contributed by atoms with van der Waals surface area (Å²) < 4.78 is 15.6. The van der Waals surface area contributed by atoms with Gasteiger partial charge in [0.2, 0.25) is 11.9 Å². The van der Waals surface area contributed by atoms with Crippen LogP contribution in [0.15, 0.2) is 30.6 Å². The van der Waals surface area contributed by atoms with E-state index in [0.29, 0.717) is 54.4 Å². The number of ether oxygens (including phenoxy) is 2. The number of hydrogen-bond donors (Lipinski definition) is 2. The number of anilines is 3. The van der Waals surface area contributed by atoms with Gasteiger partial charge >= 0.3 is 0 Å². The molecule has 4 aromatic heterocycles. The lowest BCUT2D eigenvalue weighted by Crippen LogP contribution is -2.22. The van der Waals surface area contributed by atoms with Gasteiger partial charge in [-0.1, -0.05) is 6.92 Å². The van der Waals surface area contributed by atoms with E-state index in [1.165, 1.54) is 6.92 Å². The number of aromatic nitrogens is 6. The topological polar surface area (TPSA) is 125 Å². The highest BCUT2D eigenvalue weighted by atomic mass is 16.5. The van der Waals surface area contributed by atoms with Crippen molar-refractivity contribution in [3.05, 3.63) is 53.3 Å². The lowest BCUT2D eigenvalue weighted by atomic mass is 10.0. The van der Waals surface area contributed by atoms with Gasteiger partial charge in [-0.3, -0.25) is 9.48 Å². The van der Waals surface area contributed by atoms with Gasteiger partial charge in [0, 0.05) is 58.3 Å². The molecule has 2 N–H and O–H groups in total. The van der Waals surface area contributed by atoms with Crippen LogP contribution in [-0.4, -0.2) is 48.4 Å². The summed E-state index contributed by atoms with van der Waals surface area (Å²) in [4.78, 5) is 28.7. The second kappa shape index (κ2) is 10.3. The molecule has 1 fully saturated rings. The average Bonchev–Trinajstić information content (AvgIpc) is 3.64. The molecule has 1 saturated heterocycles. The molecule has 12 nitrogen and oxygen atoms in total. The molecule has 0 aromatic carbocycles. The molecule has 0 radical (unpaired) electrons. The van der Waals surface area contributed by atoms with Crippen molar-refractivity contribution in [2.75, 3.05) is 23.8 Å². The first kappa shape index (κ1) is 26.1. The maximum absolute atomic E-state index is 11.4. The minimum atomic E-state index is -0.738. The van der Waals surface area contributed by atoms with Gasteiger partial charge in [0.1, 0.15) is 17.3 Å². The molecule has 1 aliphatic heterocycles. The molecule has 1 aliphatic rings. The van der Waals surface area contributed by atoms with Crippen molar-refractivity contribution in [2.24, 2.45) is 7.05 Å². The number of amides is 1. The maximum atomic E-state index is 11.4. The summed E-state index contributed by atoms with van der Waals surface area (Å²) in [6, 6.07) is 5.38. The van der Waals surface area contributed by atoms with Gasteiger partial charge in [-0.05, 0) is 18.9 Å². The Morgan fingerprint density at radius 3 is 2.82 bits per heavy atom. The first-order valence-corrected chi connectivity index (χ1v) is 12.8. The molecule has 1 atom stereocenters. The summed E-state index contributed by atoms with van der Waals surface area (Å²) in [5, 5.41) is 10.8. The minimum absolute atomic E-state index is 0.0874. The SMILES string of the molecule is [C-]#[N+]C(C)(C)c1cc(Nc2nc3ncc(Oc4ccnc(NC(C)=O)c4)c(CC)c3n2C)nn1[C@@H]1CCOC1. The quantitative estimate of drug-likeness (QED) is 0.314. The van der Waals surface area contributed by atoms with Crippen molar-refractivity contribution in [1.29, 1.82) is 0 Å². The van der Waals surface area contributed by atoms with E-state index >= 15 is 0 Å². The molecule has 0 unspecified atom stereocenters. The average molecular weight is 530 g/mol. The van der Waals surface area contributed by atoms with Crippen LogP contribution in [0.1, 0.15) is 51.4 Å². The Hall–Kier alpha value is -4.50. The van der Waals surface area contributed by atoms with Crippen LogP contribution in [0.4, 0.5) is 17.6 Å². The summed E-state index contributed by atoms with van der Waals surface area (Å²) in [5.74, 6) is 2.48. The van der Waals surface area contributed by atoms with E-state index in [4.69, 9.17) is 26.1 Å². The van der Waals surface area contributed by atoms with Gasteiger partial charge in [0.25, 0.3) is 5.54 Å². The molecule has 4 aromatic rings. The van der Waals surface area contributed by atoms with Crippen LogP contribution in [0.25, 0.3) is 16.0 Å². The summed E-state index contributed by atoms with van der Waals surface area (Å²) in [6.07, 6.45) is 4.76. The fraction of sp³-hybridized carbons (Fsp3) is 0.407. The maximum Gasteiger partial charge on any atom is 0.268 e. The van der Waals surface area contributed by atoms with E-state index in [-0.39, 0.29) is 11.9 Å². The van der Waals surface area contributed by atoms with Crippen LogP contribution in [0, 0.1) is 6.57 Å². The lowest BCUT2D eigenvalue weighted by molar-refractivity contribution is -0.114. The largest absolute Gasteiger partial charge is 0.455 e. The molecular formula is C27H31N9O3. The number of aryl methyl sites for hydroxylation is 2. The van der Waals surface area contributed by atoms with Crippen molar-refractivity contribution in [3.8, 4) is 11.5 Å². The summed E-state index contributed by atoms with van der Waals surface area (Å²) in [5.41, 5.74) is 2.43. The Balaban J connectivity index is 1.48. The molecule has 202 valence electrons. The molecule has 5 heterocycles. The summed E-state index contributed by atoms with van der Waals surface area (Å²) in [6.45, 7) is 16.2. The van der Waals surface area contributed by atoms with Crippen molar-refractivity contribution in [1.82, 2.24) is 29.3 Å². The van der Waals surface area contributed by atoms with Crippen molar-refractivity contribution >= 4 is 34.7 Å². The van der Waals surface area contributed by atoms with E-state index in [9.17, 15) is 4.79 Å². The third kappa shape index (κ3) is 5.13. The molecular weight excluding hydrogens is 498 g/mol. The third-order valence-corrected chi connectivity index (χ3v) is 6.71. The van der Waals surface area contributed by atoms with Crippen LogP contribution in [0.2, 0.25) is 0 Å². The molecule has 12 heteroatoms. The van der Waals surface area contributed by atoms with Gasteiger partial charge in [-0.2, -0.15) is 10.1 Å². The van der Waals surface area contributed by atoms with E-state index in [2.05, 4.69) is 25.4 Å². The Morgan fingerprint density at radius 2 is 2.13 bits per heavy atom. The monoisotopic (exact) mass is 529 g/mol. The zero-order valence-corrected chi connectivity index (χ0v) is 22.6. The predicted molar refractivity (Wildman–Crippen MR) is 146 cm³/mol. The van der Waals surface area contributed by atoms with Crippen LogP contribution >= 0.6 is 0 Å². The Kier molecular flexibility index (Phi) is 6.93. The molecule has 5 rings (SSSR count). The van der Waals surface area contributed by atoms with Gasteiger partial charge in [0.05, 0.1) is 24.4 Å². The fourth-order valence-electron chi connectivity index (χ4n) is 4.70. The van der Waals surface area contributed by atoms with Gasteiger partial charge in [-0.25, -0.2) is 16.5 Å². The van der Waals surface area contributed by atoms with Gasteiger partial charge in [-0.15, -0.1) is 0 Å². The second-order valence-electron chi connectivity index (χ2n) is 9.95. The van der Waals surface area contributed by atoms with Crippen molar-refractivity contribution in [3.63, 3.8) is 0 Å². The number of hydrogen-bond acceptors (Lipinski definition) is 8. The minimum Gasteiger partial charge on any atom is -0.455 e. The van der Waals surface area contributed by atoms with Crippen LogP contribution in [0.3, 0.4) is 0 Å². The van der Waals surface area contributed by atoms with E-state index in [0.717, 1.165) is 23.2 Å². The summed E-state index contributed by atoms with van der Waals surface area (Å²) >= 11 is 0. The third-order valence-electron chi connectivity index (χ3n) is 6.71. The van der Waals surface area contributed by atoms with Crippen LogP contribution in [-0.2, 0) is 28.5 Å². The Labute approximate surface area is 226 Å². The van der Waals surface area contributed by atoms with Crippen LogP contribution in [0.5, 0.6) is 11.5 Å². The molecule has 39 heavy (non-hydrogen) atoms. The molecule has 0 bridgehead atoms. The Morgan fingerprint density at radius 1 is 1.31 bits per heavy atom. The number of nitrogens with zero attached hydrogens (tertiary/aromatic N) is 7. The molecule has 0 spiro atoms. The van der Waals surface area contributed by atoms with Crippen LogP contribution < -0.4 is 15.4 Å². The highest BCUT2D eigenvalue weighted by Gasteiger charge is 2.35. The van der Waals surface area contributed by atoms with Gasteiger partial charge in [0.15, 0.2) is 17.2 Å². The predicted octanol–water partition coefficient (Wildman–Crippen LogP) is 4.73. The van der Waals surface area contributed by atoms with E-state index in [1.54, 1.807) is 24.5 Å².